The van der Waals surface area contributed by atoms with Gasteiger partial charge >= 0.3 is 0 Å². The molecule has 0 aliphatic rings. The molecule has 0 radical (unpaired) electrons. The summed E-state index contributed by atoms with van der Waals surface area (Å²) in [4.78, 5) is 11.5. The maximum atomic E-state index is 6.05. The Labute approximate surface area is 166 Å². The van der Waals surface area contributed by atoms with Gasteiger partial charge in [0, 0.05) is 36.4 Å². The third-order valence-electron chi connectivity index (χ3n) is 4.35. The number of halogens is 1. The van der Waals surface area contributed by atoms with Gasteiger partial charge in [-0.15, -0.1) is 0 Å². The van der Waals surface area contributed by atoms with Crippen molar-refractivity contribution >= 4 is 23.4 Å². The van der Waals surface area contributed by atoms with Crippen LogP contribution >= 0.6 is 11.6 Å². The van der Waals surface area contributed by atoms with E-state index < -0.39 is 0 Å². The van der Waals surface area contributed by atoms with Crippen LogP contribution in [0.3, 0.4) is 0 Å². The van der Waals surface area contributed by atoms with Crippen LogP contribution in [0.1, 0.15) is 23.7 Å². The molecule has 5 heteroatoms. The lowest BCUT2D eigenvalue weighted by Crippen LogP contribution is -2.24. The molecule has 0 saturated carbocycles. The lowest BCUT2D eigenvalue weighted by molar-refractivity contribution is 0.807. The number of nitrogens with one attached hydrogen (secondary N) is 1. The molecule has 1 N–H and O–H groups in total. The van der Waals surface area contributed by atoms with E-state index in [4.69, 9.17) is 16.6 Å². The zero-order valence-corrected chi connectivity index (χ0v) is 16.6. The molecular weight excluding hydrogens is 356 g/mol. The molecule has 2 aromatic carbocycles. The molecule has 0 atom stereocenters. The molecule has 0 amide bonds. The van der Waals surface area contributed by atoms with E-state index in [9.17, 15) is 0 Å². The first-order chi connectivity index (χ1) is 13.1. The van der Waals surface area contributed by atoms with Gasteiger partial charge in [-0.3, -0.25) is 0 Å². The van der Waals surface area contributed by atoms with Gasteiger partial charge in [0.25, 0.3) is 0 Å². The van der Waals surface area contributed by atoms with Gasteiger partial charge in [-0.05, 0) is 43.5 Å². The summed E-state index contributed by atoms with van der Waals surface area (Å²) in [5, 5.41) is 4.11. The zero-order chi connectivity index (χ0) is 19.1. The van der Waals surface area contributed by atoms with Crippen LogP contribution in [0.15, 0.2) is 60.7 Å². The maximum Gasteiger partial charge on any atom is 0.224 e. The highest BCUT2D eigenvalue weighted by Gasteiger charge is 2.10. The second-order valence-electron chi connectivity index (χ2n) is 6.50. The summed E-state index contributed by atoms with van der Waals surface area (Å²) in [5.41, 5.74) is 3.42. The number of rotatable bonds is 8. The van der Waals surface area contributed by atoms with Crippen LogP contribution in [0.2, 0.25) is 5.02 Å². The van der Waals surface area contributed by atoms with Gasteiger partial charge < -0.3 is 10.2 Å². The number of hydrogen-bond donors (Lipinski definition) is 1. The Morgan fingerprint density at radius 1 is 0.963 bits per heavy atom. The summed E-state index contributed by atoms with van der Waals surface area (Å²) in [6.07, 6.45) is 0.870. The molecule has 140 valence electrons. The predicted molar refractivity (Wildman–Crippen MR) is 114 cm³/mol. The largest absolute Gasteiger partial charge is 0.354 e. The van der Waals surface area contributed by atoms with Gasteiger partial charge in [0.05, 0.1) is 0 Å². The number of hydrogen-bond acceptors (Lipinski definition) is 4. The highest BCUT2D eigenvalue weighted by atomic mass is 35.5. The van der Waals surface area contributed by atoms with Crippen molar-refractivity contribution in [1.82, 2.24) is 9.97 Å². The van der Waals surface area contributed by atoms with E-state index in [0.29, 0.717) is 5.95 Å². The van der Waals surface area contributed by atoms with Crippen molar-refractivity contribution in [3.8, 4) is 0 Å². The van der Waals surface area contributed by atoms with Crippen molar-refractivity contribution in [2.45, 2.75) is 26.8 Å². The maximum absolute atomic E-state index is 6.05. The smallest absolute Gasteiger partial charge is 0.224 e. The molecule has 1 heterocycles. The first-order valence-corrected chi connectivity index (χ1v) is 9.64. The van der Waals surface area contributed by atoms with E-state index in [1.165, 1.54) is 11.1 Å². The molecule has 0 unspecified atom stereocenters. The van der Waals surface area contributed by atoms with E-state index in [0.717, 1.165) is 42.6 Å². The number of benzene rings is 2. The molecule has 3 aromatic rings. The summed E-state index contributed by atoms with van der Waals surface area (Å²) in [7, 11) is 0. The Hall–Kier alpha value is -2.59. The second-order valence-corrected chi connectivity index (χ2v) is 6.93. The fraction of sp³-hybridized carbons (Fsp3) is 0.273. The average Bonchev–Trinajstić information content (AvgIpc) is 2.66. The van der Waals surface area contributed by atoms with Gasteiger partial charge in [-0.1, -0.05) is 54.1 Å². The van der Waals surface area contributed by atoms with Crippen LogP contribution in [-0.4, -0.2) is 23.1 Å². The van der Waals surface area contributed by atoms with Crippen molar-refractivity contribution < 1.29 is 0 Å². The Morgan fingerprint density at radius 3 is 2.48 bits per heavy atom. The van der Waals surface area contributed by atoms with Crippen molar-refractivity contribution in [2.24, 2.45) is 0 Å². The molecule has 0 aliphatic carbocycles. The molecular formula is C22H25ClN4. The van der Waals surface area contributed by atoms with Crippen LogP contribution in [0.5, 0.6) is 0 Å². The fourth-order valence-electron chi connectivity index (χ4n) is 2.96. The minimum absolute atomic E-state index is 0.665. The highest BCUT2D eigenvalue weighted by Crippen LogP contribution is 2.18. The third kappa shape index (κ3) is 5.69. The molecule has 0 fully saturated rings. The molecule has 3 rings (SSSR count). The van der Waals surface area contributed by atoms with E-state index >= 15 is 0 Å². The van der Waals surface area contributed by atoms with Crippen LogP contribution in [0, 0.1) is 6.92 Å². The van der Waals surface area contributed by atoms with Crippen LogP contribution < -0.4 is 10.2 Å². The van der Waals surface area contributed by atoms with Crippen molar-refractivity contribution in [1.29, 1.82) is 0 Å². The number of nitrogens with zero attached hydrogens (tertiary/aromatic N) is 3. The van der Waals surface area contributed by atoms with Crippen LogP contribution in [0.25, 0.3) is 0 Å². The van der Waals surface area contributed by atoms with E-state index in [1.807, 2.05) is 37.3 Å². The van der Waals surface area contributed by atoms with E-state index in [-0.39, 0.29) is 0 Å². The van der Waals surface area contributed by atoms with Gasteiger partial charge in [-0.2, -0.15) is 4.98 Å². The minimum Gasteiger partial charge on any atom is -0.354 e. The predicted octanol–water partition coefficient (Wildman–Crippen LogP) is 5.12. The van der Waals surface area contributed by atoms with Gasteiger partial charge in [-0.25, -0.2) is 4.98 Å². The topological polar surface area (TPSA) is 41.1 Å². The minimum atomic E-state index is 0.665. The summed E-state index contributed by atoms with van der Waals surface area (Å²) in [6, 6.07) is 20.4. The van der Waals surface area contributed by atoms with Crippen LogP contribution in [-0.2, 0) is 13.0 Å². The fourth-order valence-corrected chi connectivity index (χ4v) is 3.18. The van der Waals surface area contributed by atoms with Crippen molar-refractivity contribution in [3.63, 3.8) is 0 Å². The Balaban J connectivity index is 1.67. The summed E-state index contributed by atoms with van der Waals surface area (Å²) in [5.74, 6) is 1.61. The Bertz CT molecular complexity index is 867. The SMILES string of the molecule is CCN(Cc1ccccc1)c1cc(C)nc(NCCc2cccc(Cl)c2)n1. The van der Waals surface area contributed by atoms with Gasteiger partial charge in [0.15, 0.2) is 0 Å². The van der Waals surface area contributed by atoms with E-state index in [1.54, 1.807) is 0 Å². The number of aryl methyl sites for hydroxylation is 1. The second kappa shape index (κ2) is 9.38. The first-order valence-electron chi connectivity index (χ1n) is 9.27. The Morgan fingerprint density at radius 2 is 1.74 bits per heavy atom. The molecule has 1 aromatic heterocycles. The first kappa shape index (κ1) is 19.2. The van der Waals surface area contributed by atoms with E-state index in [2.05, 4.69) is 52.5 Å². The molecule has 0 bridgehead atoms. The standard InChI is InChI=1S/C22H25ClN4/c1-3-27(16-19-8-5-4-6-9-19)21-14-17(2)25-22(26-21)24-13-12-18-10-7-11-20(23)15-18/h4-11,14-15H,3,12-13,16H2,1-2H3,(H,24,25,26). The molecule has 0 aliphatic heterocycles. The third-order valence-corrected chi connectivity index (χ3v) is 4.58. The number of aromatic nitrogens is 2. The Kier molecular flexibility index (Phi) is 6.66. The molecule has 0 spiro atoms. The van der Waals surface area contributed by atoms with Crippen molar-refractivity contribution in [2.75, 3.05) is 23.3 Å². The summed E-state index contributed by atoms with van der Waals surface area (Å²) < 4.78 is 0. The molecule has 0 saturated heterocycles. The zero-order valence-electron chi connectivity index (χ0n) is 15.8. The molecule has 27 heavy (non-hydrogen) atoms. The quantitative estimate of drug-likeness (QED) is 0.588. The molecule has 4 nitrogen and oxygen atoms in total. The summed E-state index contributed by atoms with van der Waals surface area (Å²) >= 11 is 6.05. The monoisotopic (exact) mass is 380 g/mol. The lowest BCUT2D eigenvalue weighted by Gasteiger charge is -2.23. The lowest BCUT2D eigenvalue weighted by atomic mass is 10.1. The summed E-state index contributed by atoms with van der Waals surface area (Å²) in [6.45, 7) is 6.62. The highest BCUT2D eigenvalue weighted by molar-refractivity contribution is 6.30. The van der Waals surface area contributed by atoms with Crippen LogP contribution in [0.4, 0.5) is 11.8 Å². The van der Waals surface area contributed by atoms with Crippen molar-refractivity contribution in [3.05, 3.63) is 82.5 Å². The normalized spacial score (nSPS) is 10.6. The van der Waals surface area contributed by atoms with Gasteiger partial charge in [0.2, 0.25) is 5.95 Å². The average molecular weight is 381 g/mol. The van der Waals surface area contributed by atoms with Gasteiger partial charge in [0.1, 0.15) is 5.82 Å². The number of anilines is 2.